The summed E-state index contributed by atoms with van der Waals surface area (Å²) in [5, 5.41) is 23.6. The lowest BCUT2D eigenvalue weighted by molar-refractivity contribution is 0.315. The molecule has 0 atom stereocenters. The number of hydrogen-bond donors (Lipinski definition) is 2. The van der Waals surface area contributed by atoms with E-state index in [0.29, 0.717) is 11.8 Å². The van der Waals surface area contributed by atoms with E-state index in [-0.39, 0.29) is 0 Å². The summed E-state index contributed by atoms with van der Waals surface area (Å²) in [5.74, 6) is 1.11. The maximum atomic E-state index is 8.55. The molecule has 4 heteroatoms. The second-order valence-electron chi connectivity index (χ2n) is 3.67. The number of fused-ring (bicyclic) bond motifs is 1. The van der Waals surface area contributed by atoms with Crippen LogP contribution in [0.4, 0.5) is 0 Å². The Morgan fingerprint density at radius 1 is 0.833 bits per heavy atom. The van der Waals surface area contributed by atoms with Gasteiger partial charge in [-0.15, -0.1) is 0 Å². The van der Waals surface area contributed by atoms with E-state index in [0.717, 1.165) is 37.1 Å². The Bertz CT molecular complexity index is 205. The van der Waals surface area contributed by atoms with Gasteiger partial charge in [-0.3, -0.25) is 0 Å². The van der Waals surface area contributed by atoms with Gasteiger partial charge in [0.05, 0.1) is 11.4 Å². The number of oxime groups is 2. The molecule has 0 radical (unpaired) electrons. The maximum absolute atomic E-state index is 8.55. The van der Waals surface area contributed by atoms with Crippen molar-refractivity contribution in [2.75, 3.05) is 0 Å². The molecule has 2 aliphatic rings. The van der Waals surface area contributed by atoms with Gasteiger partial charge < -0.3 is 10.4 Å². The lowest BCUT2D eigenvalue weighted by Crippen LogP contribution is -1.98. The van der Waals surface area contributed by atoms with Gasteiger partial charge in [0.25, 0.3) is 0 Å². The Morgan fingerprint density at radius 2 is 1.17 bits per heavy atom. The first-order valence-corrected chi connectivity index (χ1v) is 4.23. The molecule has 2 aliphatic carbocycles. The molecule has 0 aromatic carbocycles. The van der Waals surface area contributed by atoms with Crippen LogP contribution >= 0.6 is 0 Å². The van der Waals surface area contributed by atoms with Crippen LogP contribution in [0.5, 0.6) is 0 Å². The topological polar surface area (TPSA) is 65.2 Å². The molecule has 0 aromatic rings. The van der Waals surface area contributed by atoms with Crippen molar-refractivity contribution in [1.82, 2.24) is 0 Å². The zero-order valence-electron chi connectivity index (χ0n) is 6.77. The van der Waals surface area contributed by atoms with Crippen LogP contribution in [0.2, 0.25) is 0 Å². The van der Waals surface area contributed by atoms with E-state index in [9.17, 15) is 0 Å². The molecule has 2 saturated carbocycles. The highest BCUT2D eigenvalue weighted by atomic mass is 16.4. The van der Waals surface area contributed by atoms with E-state index >= 15 is 0 Å². The largest absolute Gasteiger partial charge is 0.411 e. The number of hydrogen-bond acceptors (Lipinski definition) is 4. The van der Waals surface area contributed by atoms with Crippen LogP contribution < -0.4 is 0 Å². The Morgan fingerprint density at radius 3 is 1.42 bits per heavy atom. The summed E-state index contributed by atoms with van der Waals surface area (Å²) in [4.78, 5) is 0. The van der Waals surface area contributed by atoms with E-state index in [1.165, 1.54) is 0 Å². The molecule has 4 nitrogen and oxygen atoms in total. The molecule has 2 N–H and O–H groups in total. The molecule has 0 unspecified atom stereocenters. The number of nitrogens with zero attached hydrogens (tertiary/aromatic N) is 2. The van der Waals surface area contributed by atoms with Gasteiger partial charge in [-0.1, -0.05) is 10.3 Å². The highest BCUT2D eigenvalue weighted by Gasteiger charge is 2.38. The first-order chi connectivity index (χ1) is 5.83. The predicted octanol–water partition coefficient (Wildman–Crippen LogP) is 1.47. The molecule has 12 heavy (non-hydrogen) atoms. The minimum Gasteiger partial charge on any atom is -0.411 e. The summed E-state index contributed by atoms with van der Waals surface area (Å²) in [6.07, 6.45) is 3.50. The second-order valence-corrected chi connectivity index (χ2v) is 3.67. The van der Waals surface area contributed by atoms with Crippen LogP contribution in [0.25, 0.3) is 0 Å². The molecule has 0 saturated heterocycles. The van der Waals surface area contributed by atoms with Crippen LogP contribution in [0, 0.1) is 11.8 Å². The standard InChI is InChI=1S/C8H12N2O2/c11-9-7-1-5-2-8(10-12)4-6(5)3-7/h5-6,11-12H,1-4H2. The lowest BCUT2D eigenvalue weighted by Gasteiger charge is -2.02. The Balaban J connectivity index is 2.07. The average Bonchev–Trinajstić information content (AvgIpc) is 2.59. The summed E-state index contributed by atoms with van der Waals surface area (Å²) in [5.41, 5.74) is 1.81. The predicted molar refractivity (Wildman–Crippen MR) is 43.9 cm³/mol. The summed E-state index contributed by atoms with van der Waals surface area (Å²) < 4.78 is 0. The van der Waals surface area contributed by atoms with Gasteiger partial charge >= 0.3 is 0 Å². The normalized spacial score (nSPS) is 33.7. The molecule has 0 spiro atoms. The van der Waals surface area contributed by atoms with Crippen molar-refractivity contribution in [3.63, 3.8) is 0 Å². The summed E-state index contributed by atoms with van der Waals surface area (Å²) in [6, 6.07) is 0. The molecule has 0 aliphatic heterocycles. The van der Waals surface area contributed by atoms with Crippen molar-refractivity contribution in [3.8, 4) is 0 Å². The van der Waals surface area contributed by atoms with Crippen LogP contribution in [0.15, 0.2) is 10.3 Å². The third kappa shape index (κ3) is 1.07. The van der Waals surface area contributed by atoms with Crippen molar-refractivity contribution in [3.05, 3.63) is 0 Å². The second kappa shape index (κ2) is 2.77. The SMILES string of the molecule is ON=C1CC2CC(=NO)CC2C1. The van der Waals surface area contributed by atoms with Crippen molar-refractivity contribution in [1.29, 1.82) is 0 Å². The van der Waals surface area contributed by atoms with Gasteiger partial charge in [0, 0.05) is 0 Å². The van der Waals surface area contributed by atoms with E-state index < -0.39 is 0 Å². The minimum absolute atomic E-state index is 0.557. The fourth-order valence-corrected chi connectivity index (χ4v) is 2.35. The molecule has 0 aromatic heterocycles. The molecule has 0 bridgehead atoms. The summed E-state index contributed by atoms with van der Waals surface area (Å²) in [6.45, 7) is 0. The Kier molecular flexibility index (Phi) is 1.75. The minimum atomic E-state index is 0.557. The van der Waals surface area contributed by atoms with Crippen LogP contribution in [-0.4, -0.2) is 21.8 Å². The number of rotatable bonds is 0. The van der Waals surface area contributed by atoms with Gasteiger partial charge in [-0.2, -0.15) is 0 Å². The summed E-state index contributed by atoms with van der Waals surface area (Å²) >= 11 is 0. The van der Waals surface area contributed by atoms with Crippen molar-refractivity contribution in [2.45, 2.75) is 25.7 Å². The van der Waals surface area contributed by atoms with E-state index in [4.69, 9.17) is 10.4 Å². The molecule has 0 amide bonds. The van der Waals surface area contributed by atoms with Gasteiger partial charge in [0.2, 0.25) is 0 Å². The van der Waals surface area contributed by atoms with Crippen LogP contribution in [0.1, 0.15) is 25.7 Å². The molecule has 2 fully saturated rings. The zero-order valence-corrected chi connectivity index (χ0v) is 6.77. The van der Waals surface area contributed by atoms with Gasteiger partial charge in [0.1, 0.15) is 0 Å². The molecule has 2 rings (SSSR count). The average molecular weight is 168 g/mol. The molecule has 66 valence electrons. The highest BCUT2D eigenvalue weighted by Crippen LogP contribution is 2.41. The Labute approximate surface area is 70.6 Å². The molecule has 0 heterocycles. The van der Waals surface area contributed by atoms with E-state index in [1.54, 1.807) is 0 Å². The Hall–Kier alpha value is -1.06. The fraction of sp³-hybridized carbons (Fsp3) is 0.750. The maximum Gasteiger partial charge on any atom is 0.0576 e. The van der Waals surface area contributed by atoms with Crippen molar-refractivity contribution >= 4 is 11.4 Å². The van der Waals surface area contributed by atoms with Gasteiger partial charge in [-0.05, 0) is 37.5 Å². The van der Waals surface area contributed by atoms with Gasteiger partial charge in [0.15, 0.2) is 0 Å². The van der Waals surface area contributed by atoms with E-state index in [1.807, 2.05) is 0 Å². The highest BCUT2D eigenvalue weighted by molar-refractivity contribution is 5.93. The quantitative estimate of drug-likeness (QED) is 0.425. The van der Waals surface area contributed by atoms with E-state index in [2.05, 4.69) is 10.3 Å². The third-order valence-corrected chi connectivity index (χ3v) is 2.94. The summed E-state index contributed by atoms with van der Waals surface area (Å²) in [7, 11) is 0. The fourth-order valence-electron chi connectivity index (χ4n) is 2.35. The third-order valence-electron chi connectivity index (χ3n) is 2.94. The van der Waals surface area contributed by atoms with Crippen LogP contribution in [0.3, 0.4) is 0 Å². The van der Waals surface area contributed by atoms with Crippen molar-refractivity contribution in [2.24, 2.45) is 22.1 Å². The zero-order chi connectivity index (χ0) is 8.55. The monoisotopic (exact) mass is 168 g/mol. The first kappa shape index (κ1) is 7.58. The molecular weight excluding hydrogens is 156 g/mol. The van der Waals surface area contributed by atoms with Crippen molar-refractivity contribution < 1.29 is 10.4 Å². The smallest absolute Gasteiger partial charge is 0.0576 e. The van der Waals surface area contributed by atoms with Gasteiger partial charge in [-0.25, -0.2) is 0 Å². The first-order valence-electron chi connectivity index (χ1n) is 4.23. The lowest BCUT2D eigenvalue weighted by atomic mass is 10.0. The van der Waals surface area contributed by atoms with Crippen LogP contribution in [-0.2, 0) is 0 Å². The molecular formula is C8H12N2O2.